The standard InChI is InChI=1S/C11H20N2/c1-4-10(3)8-11(5-2)13-7-6-12-9-13/h6-7,9-11H,4-5,8H2,1-3H3/p+1. The van der Waals surface area contributed by atoms with E-state index in [1.54, 1.807) is 0 Å². The maximum atomic E-state index is 3.10. The van der Waals surface area contributed by atoms with Gasteiger partial charge in [0.25, 0.3) is 0 Å². The zero-order chi connectivity index (χ0) is 9.68. The molecule has 1 rings (SSSR count). The van der Waals surface area contributed by atoms with Crippen molar-refractivity contribution in [2.24, 2.45) is 5.92 Å². The summed E-state index contributed by atoms with van der Waals surface area (Å²) in [5.41, 5.74) is 0. The second kappa shape index (κ2) is 5.05. The number of hydrogen-bond acceptors (Lipinski definition) is 0. The van der Waals surface area contributed by atoms with Gasteiger partial charge >= 0.3 is 0 Å². The smallest absolute Gasteiger partial charge is 0.241 e. The minimum Gasteiger partial charge on any atom is -0.250 e. The van der Waals surface area contributed by atoms with Gasteiger partial charge in [0.2, 0.25) is 6.33 Å². The van der Waals surface area contributed by atoms with Gasteiger partial charge in [-0.05, 0) is 18.8 Å². The first kappa shape index (κ1) is 10.3. The van der Waals surface area contributed by atoms with Crippen molar-refractivity contribution in [2.45, 2.75) is 46.1 Å². The Morgan fingerprint density at radius 2 is 2.08 bits per heavy atom. The minimum atomic E-state index is 0.668. The Kier molecular flexibility index (Phi) is 4.00. The summed E-state index contributed by atoms with van der Waals surface area (Å²) in [6.07, 6.45) is 9.94. The molecule has 1 N–H and O–H groups in total. The van der Waals surface area contributed by atoms with E-state index in [0.717, 1.165) is 5.92 Å². The summed E-state index contributed by atoms with van der Waals surface area (Å²) in [5.74, 6) is 0.826. The molecule has 0 spiro atoms. The molecule has 1 heterocycles. The SMILES string of the molecule is CCC(C)CC(CC)[n+]1cc[nH]c1. The van der Waals surface area contributed by atoms with Crippen molar-refractivity contribution >= 4 is 0 Å². The van der Waals surface area contributed by atoms with E-state index in [-0.39, 0.29) is 0 Å². The lowest BCUT2D eigenvalue weighted by Gasteiger charge is -2.15. The van der Waals surface area contributed by atoms with E-state index in [0.29, 0.717) is 6.04 Å². The van der Waals surface area contributed by atoms with Gasteiger partial charge < -0.3 is 0 Å². The Bertz CT molecular complexity index is 216. The minimum absolute atomic E-state index is 0.668. The Morgan fingerprint density at radius 3 is 2.54 bits per heavy atom. The summed E-state index contributed by atoms with van der Waals surface area (Å²) in [6, 6.07) is 0.668. The third-order valence-corrected chi connectivity index (χ3v) is 2.83. The zero-order valence-corrected chi connectivity index (χ0v) is 8.96. The van der Waals surface area contributed by atoms with Crippen LogP contribution >= 0.6 is 0 Å². The molecule has 0 radical (unpaired) electrons. The van der Waals surface area contributed by atoms with E-state index in [2.05, 4.69) is 42.8 Å². The fourth-order valence-corrected chi connectivity index (χ4v) is 1.66. The van der Waals surface area contributed by atoms with Crippen molar-refractivity contribution < 1.29 is 4.57 Å². The Morgan fingerprint density at radius 1 is 1.31 bits per heavy atom. The summed E-state index contributed by atoms with van der Waals surface area (Å²) < 4.78 is 2.28. The van der Waals surface area contributed by atoms with Crippen molar-refractivity contribution in [3.63, 3.8) is 0 Å². The van der Waals surface area contributed by atoms with E-state index in [9.17, 15) is 0 Å². The summed E-state index contributed by atoms with van der Waals surface area (Å²) in [4.78, 5) is 3.10. The van der Waals surface area contributed by atoms with Gasteiger partial charge in [0.05, 0.1) is 0 Å². The van der Waals surface area contributed by atoms with Gasteiger partial charge in [0.1, 0.15) is 18.4 Å². The third-order valence-electron chi connectivity index (χ3n) is 2.83. The third kappa shape index (κ3) is 2.87. The largest absolute Gasteiger partial charge is 0.250 e. The number of nitrogens with zero attached hydrogens (tertiary/aromatic N) is 1. The highest BCUT2D eigenvalue weighted by Gasteiger charge is 2.15. The molecule has 0 aromatic carbocycles. The summed E-state index contributed by atoms with van der Waals surface area (Å²) >= 11 is 0. The molecule has 0 bridgehead atoms. The molecule has 0 aliphatic heterocycles. The molecule has 2 nitrogen and oxygen atoms in total. The number of rotatable bonds is 5. The van der Waals surface area contributed by atoms with Crippen LogP contribution in [0.25, 0.3) is 0 Å². The number of hydrogen-bond donors (Lipinski definition) is 1. The van der Waals surface area contributed by atoms with Gasteiger partial charge in [-0.1, -0.05) is 27.2 Å². The first-order valence-corrected chi connectivity index (χ1v) is 5.31. The van der Waals surface area contributed by atoms with E-state index >= 15 is 0 Å². The molecule has 1 aromatic heterocycles. The van der Waals surface area contributed by atoms with Crippen LogP contribution in [0.2, 0.25) is 0 Å². The maximum absolute atomic E-state index is 3.10. The van der Waals surface area contributed by atoms with Crippen LogP contribution in [0.5, 0.6) is 0 Å². The van der Waals surface area contributed by atoms with Gasteiger partial charge in [0, 0.05) is 0 Å². The summed E-state index contributed by atoms with van der Waals surface area (Å²) in [7, 11) is 0. The van der Waals surface area contributed by atoms with Crippen LogP contribution in [0.3, 0.4) is 0 Å². The molecular formula is C11H21N2+. The average Bonchev–Trinajstić information content (AvgIpc) is 2.66. The number of nitrogens with one attached hydrogen (secondary N) is 1. The highest BCUT2D eigenvalue weighted by Crippen LogP contribution is 2.17. The van der Waals surface area contributed by atoms with E-state index in [1.165, 1.54) is 19.3 Å². The van der Waals surface area contributed by atoms with Crippen LogP contribution in [-0.2, 0) is 0 Å². The zero-order valence-electron chi connectivity index (χ0n) is 8.96. The quantitative estimate of drug-likeness (QED) is 0.674. The van der Waals surface area contributed by atoms with Crippen LogP contribution in [-0.4, -0.2) is 4.98 Å². The maximum Gasteiger partial charge on any atom is 0.241 e. The van der Waals surface area contributed by atoms with Crippen molar-refractivity contribution in [1.29, 1.82) is 0 Å². The Labute approximate surface area is 81.0 Å². The lowest BCUT2D eigenvalue weighted by atomic mass is 9.98. The van der Waals surface area contributed by atoms with Gasteiger partial charge in [0.15, 0.2) is 0 Å². The molecule has 0 aliphatic carbocycles. The van der Waals surface area contributed by atoms with E-state index in [1.807, 2.05) is 6.20 Å². The fraction of sp³-hybridized carbons (Fsp3) is 0.727. The van der Waals surface area contributed by atoms with Crippen molar-refractivity contribution in [2.75, 3.05) is 0 Å². The molecule has 1 aromatic rings. The van der Waals surface area contributed by atoms with Crippen LogP contribution in [0.1, 0.15) is 46.1 Å². The second-order valence-electron chi connectivity index (χ2n) is 3.87. The summed E-state index contributed by atoms with van der Waals surface area (Å²) in [6.45, 7) is 6.85. The lowest BCUT2D eigenvalue weighted by molar-refractivity contribution is -0.723. The summed E-state index contributed by atoms with van der Waals surface area (Å²) in [5, 5.41) is 0. The molecule has 0 amide bonds. The van der Waals surface area contributed by atoms with Crippen LogP contribution in [0, 0.1) is 5.92 Å². The number of imidazole rings is 1. The topological polar surface area (TPSA) is 19.7 Å². The highest BCUT2D eigenvalue weighted by molar-refractivity contribution is 4.61. The monoisotopic (exact) mass is 181 g/mol. The lowest BCUT2D eigenvalue weighted by Crippen LogP contribution is -2.37. The molecular weight excluding hydrogens is 160 g/mol. The predicted octanol–water partition coefficient (Wildman–Crippen LogP) is 2.69. The molecule has 2 heteroatoms. The Balaban J connectivity index is 2.53. The predicted molar refractivity (Wildman–Crippen MR) is 54.4 cm³/mol. The van der Waals surface area contributed by atoms with E-state index < -0.39 is 0 Å². The molecule has 74 valence electrons. The van der Waals surface area contributed by atoms with Crippen LogP contribution < -0.4 is 4.57 Å². The normalized spacial score (nSPS) is 15.6. The number of aromatic amines is 1. The molecule has 0 saturated heterocycles. The first-order chi connectivity index (χ1) is 6.27. The van der Waals surface area contributed by atoms with Gasteiger partial charge in [-0.2, -0.15) is 0 Å². The molecule has 2 atom stereocenters. The van der Waals surface area contributed by atoms with Crippen LogP contribution in [0.4, 0.5) is 0 Å². The number of aromatic nitrogens is 2. The van der Waals surface area contributed by atoms with Gasteiger partial charge in [-0.3, -0.25) is 4.98 Å². The van der Waals surface area contributed by atoms with Gasteiger partial charge in [-0.25, -0.2) is 4.57 Å². The average molecular weight is 181 g/mol. The molecule has 2 unspecified atom stereocenters. The van der Waals surface area contributed by atoms with Crippen molar-refractivity contribution in [3.05, 3.63) is 18.7 Å². The van der Waals surface area contributed by atoms with Gasteiger partial charge in [-0.15, -0.1) is 0 Å². The number of H-pyrrole nitrogens is 1. The highest BCUT2D eigenvalue weighted by atomic mass is 15.0. The first-order valence-electron chi connectivity index (χ1n) is 5.31. The fourth-order valence-electron chi connectivity index (χ4n) is 1.66. The van der Waals surface area contributed by atoms with E-state index in [4.69, 9.17) is 0 Å². The molecule has 0 fully saturated rings. The Hall–Kier alpha value is -0.790. The molecule has 0 saturated carbocycles. The second-order valence-corrected chi connectivity index (χ2v) is 3.87. The molecule has 0 aliphatic rings. The van der Waals surface area contributed by atoms with Crippen LogP contribution in [0.15, 0.2) is 18.7 Å². The van der Waals surface area contributed by atoms with Crippen molar-refractivity contribution in [1.82, 2.24) is 4.98 Å². The van der Waals surface area contributed by atoms with Crippen molar-refractivity contribution in [3.8, 4) is 0 Å². The molecule has 13 heavy (non-hydrogen) atoms.